The Morgan fingerprint density at radius 3 is 2.71 bits per heavy atom. The van der Waals surface area contributed by atoms with Gasteiger partial charge in [0.2, 0.25) is 5.91 Å². The van der Waals surface area contributed by atoms with E-state index >= 15 is 0 Å². The third-order valence-electron chi connectivity index (χ3n) is 3.66. The van der Waals surface area contributed by atoms with Crippen molar-refractivity contribution >= 4 is 15.7 Å². The third-order valence-corrected chi connectivity index (χ3v) is 5.41. The van der Waals surface area contributed by atoms with Crippen molar-refractivity contribution in [2.75, 3.05) is 38.7 Å². The van der Waals surface area contributed by atoms with Crippen LogP contribution in [0, 0.1) is 0 Å². The highest BCUT2D eigenvalue weighted by Gasteiger charge is 2.34. The molecule has 8 heteroatoms. The predicted molar refractivity (Wildman–Crippen MR) is 79.6 cm³/mol. The topological polar surface area (TPSA) is 86.4 Å². The number of nitrogens with zero attached hydrogens (tertiary/aromatic N) is 3. The van der Waals surface area contributed by atoms with Crippen LogP contribution < -0.4 is 0 Å². The van der Waals surface area contributed by atoms with Crippen LogP contribution in [0.5, 0.6) is 0 Å². The SMILES string of the molecule is CN(C)CCN(C(=O)Cc1ccn[nH]1)C1CCS(=O)(=O)C1. The number of rotatable bonds is 6. The molecule has 1 atom stereocenters. The van der Waals surface area contributed by atoms with Gasteiger partial charge in [-0.25, -0.2) is 8.42 Å². The first-order chi connectivity index (χ1) is 9.87. The van der Waals surface area contributed by atoms with Crippen molar-refractivity contribution in [1.29, 1.82) is 0 Å². The summed E-state index contributed by atoms with van der Waals surface area (Å²) in [7, 11) is 0.865. The Labute approximate surface area is 125 Å². The second kappa shape index (κ2) is 6.57. The van der Waals surface area contributed by atoms with Gasteiger partial charge in [0.1, 0.15) is 0 Å². The predicted octanol–water partition coefficient (Wildman–Crippen LogP) is -0.470. The fraction of sp³-hybridized carbons (Fsp3) is 0.692. The molecule has 118 valence electrons. The smallest absolute Gasteiger partial charge is 0.228 e. The van der Waals surface area contributed by atoms with Gasteiger partial charge in [0.25, 0.3) is 0 Å². The maximum absolute atomic E-state index is 12.5. The zero-order valence-corrected chi connectivity index (χ0v) is 13.3. The van der Waals surface area contributed by atoms with Crippen LogP contribution in [0.1, 0.15) is 12.1 Å². The lowest BCUT2D eigenvalue weighted by Crippen LogP contribution is -2.45. The molecule has 1 aromatic heterocycles. The molecule has 1 aliphatic rings. The molecule has 2 rings (SSSR count). The molecule has 1 aliphatic heterocycles. The second-order valence-corrected chi connectivity index (χ2v) is 7.93. The van der Waals surface area contributed by atoms with E-state index in [4.69, 9.17) is 0 Å². The summed E-state index contributed by atoms with van der Waals surface area (Å²) in [5, 5.41) is 6.60. The highest BCUT2D eigenvalue weighted by molar-refractivity contribution is 7.91. The molecule has 0 bridgehead atoms. The van der Waals surface area contributed by atoms with Gasteiger partial charge in [-0.15, -0.1) is 0 Å². The molecule has 1 unspecified atom stereocenters. The Morgan fingerprint density at radius 2 is 2.19 bits per heavy atom. The molecular formula is C13H22N4O3S. The van der Waals surface area contributed by atoms with Gasteiger partial charge >= 0.3 is 0 Å². The van der Waals surface area contributed by atoms with Gasteiger partial charge < -0.3 is 9.80 Å². The molecule has 0 aliphatic carbocycles. The maximum Gasteiger partial charge on any atom is 0.228 e. The van der Waals surface area contributed by atoms with Crippen LogP contribution in [0.15, 0.2) is 12.3 Å². The fourth-order valence-electron chi connectivity index (χ4n) is 2.49. The first kappa shape index (κ1) is 16.0. The number of sulfone groups is 1. The summed E-state index contributed by atoms with van der Waals surface area (Å²) in [5.74, 6) is 0.200. The van der Waals surface area contributed by atoms with E-state index in [0.29, 0.717) is 19.5 Å². The molecule has 1 aromatic rings. The minimum atomic E-state index is -3.00. The molecular weight excluding hydrogens is 292 g/mol. The number of aromatic nitrogens is 2. The minimum absolute atomic E-state index is 0.0526. The first-order valence-electron chi connectivity index (χ1n) is 7.00. The molecule has 1 saturated heterocycles. The van der Waals surface area contributed by atoms with Gasteiger partial charge in [-0.05, 0) is 26.6 Å². The summed E-state index contributed by atoms with van der Waals surface area (Å²) in [6, 6.07) is 1.55. The molecule has 0 aromatic carbocycles. The zero-order valence-electron chi connectivity index (χ0n) is 12.4. The zero-order chi connectivity index (χ0) is 15.5. The van der Waals surface area contributed by atoms with E-state index in [-0.39, 0.29) is 29.9 Å². The van der Waals surface area contributed by atoms with Gasteiger partial charge in [0.05, 0.1) is 17.9 Å². The molecule has 1 N–H and O–H groups in total. The molecule has 0 spiro atoms. The van der Waals surface area contributed by atoms with Crippen molar-refractivity contribution in [3.05, 3.63) is 18.0 Å². The summed E-state index contributed by atoms with van der Waals surface area (Å²) in [5.41, 5.74) is 0.746. The van der Waals surface area contributed by atoms with Crippen LogP contribution in [0.4, 0.5) is 0 Å². The Bertz CT molecular complexity index is 568. The van der Waals surface area contributed by atoms with Crippen LogP contribution >= 0.6 is 0 Å². The van der Waals surface area contributed by atoms with Gasteiger partial charge in [-0.3, -0.25) is 9.89 Å². The van der Waals surface area contributed by atoms with Crippen molar-refractivity contribution in [2.45, 2.75) is 18.9 Å². The van der Waals surface area contributed by atoms with Crippen molar-refractivity contribution in [1.82, 2.24) is 20.0 Å². The van der Waals surface area contributed by atoms with Crippen molar-refractivity contribution in [2.24, 2.45) is 0 Å². The normalized spacial score (nSPS) is 20.8. The van der Waals surface area contributed by atoms with E-state index in [2.05, 4.69) is 10.2 Å². The summed E-state index contributed by atoms with van der Waals surface area (Å²) in [6.07, 6.45) is 2.36. The number of carbonyl (C=O) groups is 1. The number of nitrogens with one attached hydrogen (secondary N) is 1. The number of carbonyl (C=O) groups excluding carboxylic acids is 1. The number of hydrogen-bond acceptors (Lipinski definition) is 5. The van der Waals surface area contributed by atoms with E-state index in [9.17, 15) is 13.2 Å². The maximum atomic E-state index is 12.5. The Hall–Kier alpha value is -1.41. The lowest BCUT2D eigenvalue weighted by molar-refractivity contribution is -0.132. The summed E-state index contributed by atoms with van der Waals surface area (Å²) < 4.78 is 23.3. The number of likely N-dealkylation sites (N-methyl/N-ethyl adjacent to an activating group) is 1. The van der Waals surface area contributed by atoms with Crippen LogP contribution in [-0.2, 0) is 21.1 Å². The van der Waals surface area contributed by atoms with Crippen LogP contribution in [0.3, 0.4) is 0 Å². The third kappa shape index (κ3) is 4.53. The van der Waals surface area contributed by atoms with Gasteiger partial charge in [0.15, 0.2) is 9.84 Å². The highest BCUT2D eigenvalue weighted by Crippen LogP contribution is 2.18. The molecule has 2 heterocycles. The molecule has 21 heavy (non-hydrogen) atoms. The van der Waals surface area contributed by atoms with Gasteiger partial charge in [-0.2, -0.15) is 5.10 Å². The van der Waals surface area contributed by atoms with Crippen molar-refractivity contribution in [3.63, 3.8) is 0 Å². The molecule has 1 amide bonds. The Balaban J connectivity index is 2.06. The minimum Gasteiger partial charge on any atom is -0.337 e. The van der Waals surface area contributed by atoms with E-state index in [1.165, 1.54) is 0 Å². The summed E-state index contributed by atoms with van der Waals surface area (Å²) >= 11 is 0. The van der Waals surface area contributed by atoms with E-state index in [1.807, 2.05) is 19.0 Å². The van der Waals surface area contributed by atoms with Gasteiger partial charge in [0, 0.05) is 31.0 Å². The van der Waals surface area contributed by atoms with E-state index < -0.39 is 9.84 Å². The number of H-pyrrole nitrogens is 1. The van der Waals surface area contributed by atoms with Gasteiger partial charge in [-0.1, -0.05) is 0 Å². The fourth-order valence-corrected chi connectivity index (χ4v) is 4.22. The summed E-state index contributed by atoms with van der Waals surface area (Å²) in [4.78, 5) is 16.2. The highest BCUT2D eigenvalue weighted by atomic mass is 32.2. The van der Waals surface area contributed by atoms with E-state index in [1.54, 1.807) is 17.2 Å². The van der Waals surface area contributed by atoms with Crippen LogP contribution in [-0.4, -0.2) is 79.1 Å². The molecule has 0 saturated carbocycles. The second-order valence-electron chi connectivity index (χ2n) is 5.71. The average molecular weight is 314 g/mol. The van der Waals surface area contributed by atoms with Crippen molar-refractivity contribution < 1.29 is 13.2 Å². The lowest BCUT2D eigenvalue weighted by atomic mass is 10.2. The summed E-state index contributed by atoms with van der Waals surface area (Å²) in [6.45, 7) is 1.26. The standard InChI is InChI=1S/C13H22N4O3S/c1-16(2)6-7-17(12-4-8-21(19,20)10-12)13(18)9-11-3-5-14-15-11/h3,5,12H,4,6-10H2,1-2H3,(H,14,15). The monoisotopic (exact) mass is 314 g/mol. The lowest BCUT2D eigenvalue weighted by Gasteiger charge is -2.29. The van der Waals surface area contributed by atoms with Crippen LogP contribution in [0.25, 0.3) is 0 Å². The Morgan fingerprint density at radius 1 is 1.43 bits per heavy atom. The number of amides is 1. The first-order valence-corrected chi connectivity index (χ1v) is 8.82. The van der Waals surface area contributed by atoms with Crippen molar-refractivity contribution in [3.8, 4) is 0 Å². The van der Waals surface area contributed by atoms with E-state index in [0.717, 1.165) is 5.69 Å². The number of aromatic amines is 1. The Kier molecular flexibility index (Phi) is 5.00. The average Bonchev–Trinajstić information content (AvgIpc) is 2.99. The molecule has 7 nitrogen and oxygen atoms in total. The largest absolute Gasteiger partial charge is 0.337 e. The molecule has 1 fully saturated rings. The quantitative estimate of drug-likeness (QED) is 0.767. The van der Waals surface area contributed by atoms with Crippen LogP contribution in [0.2, 0.25) is 0 Å². The molecule has 0 radical (unpaired) electrons. The number of hydrogen-bond donors (Lipinski definition) is 1.